The molecule has 0 bridgehead atoms. The number of hydrogen-bond acceptors (Lipinski definition) is 7. The van der Waals surface area contributed by atoms with Crippen LogP contribution in [-0.2, 0) is 20.6 Å². The number of pyridine rings is 2. The third-order valence-electron chi connectivity index (χ3n) is 7.00. The van der Waals surface area contributed by atoms with Crippen molar-refractivity contribution in [2.45, 2.75) is 39.4 Å². The van der Waals surface area contributed by atoms with E-state index in [9.17, 15) is 18.0 Å². The summed E-state index contributed by atoms with van der Waals surface area (Å²) in [5, 5.41) is 1.75. The molecule has 1 amide bonds. The molecule has 42 heavy (non-hydrogen) atoms. The first-order chi connectivity index (χ1) is 20.1. The zero-order valence-electron chi connectivity index (χ0n) is 23.8. The normalized spacial score (nSPS) is 12.4. The first-order valence-corrected chi connectivity index (χ1v) is 15.3. The van der Waals surface area contributed by atoms with Crippen molar-refractivity contribution in [1.82, 2.24) is 19.3 Å². The number of nitrogens with one attached hydrogen (secondary N) is 2. The Labute approximate surface area is 243 Å². The lowest BCUT2D eigenvalue weighted by Crippen LogP contribution is -2.34. The van der Waals surface area contributed by atoms with Crippen LogP contribution in [0.4, 0.5) is 0 Å². The second-order valence-electron chi connectivity index (χ2n) is 9.90. The van der Waals surface area contributed by atoms with E-state index < -0.39 is 27.6 Å². The molecule has 2 N–H and O–H groups in total. The standard InChI is InChI=1S/C31H32N4O6S/c1-5-40-28-22-10-9-15-33-27(22)29(41-6-2)23-17-35(31(37)26(23)28)25-13-12-21(16-19(25)3)18-42(38,39)34-30(36)20(4)24-11-7-8-14-32-24/h7-17,20,33H,5-6,18H2,1-4H3,(H,34,36). The molecule has 0 spiro atoms. The molecule has 3 heterocycles. The molecule has 218 valence electrons. The Balaban J connectivity index is 1.49. The first-order valence-electron chi connectivity index (χ1n) is 13.6. The first kappa shape index (κ1) is 28.9. The maximum Gasteiger partial charge on any atom is 0.266 e. The average Bonchev–Trinajstić information content (AvgIpc) is 3.30. The summed E-state index contributed by atoms with van der Waals surface area (Å²) in [6.07, 6.45) is 5.07. The lowest BCUT2D eigenvalue weighted by Gasteiger charge is -2.13. The number of carbonyl (C=O) groups is 1. The van der Waals surface area contributed by atoms with Gasteiger partial charge in [-0.2, -0.15) is 0 Å². The summed E-state index contributed by atoms with van der Waals surface area (Å²) in [5.74, 6) is -0.768. The molecular weight excluding hydrogens is 556 g/mol. The van der Waals surface area contributed by atoms with Gasteiger partial charge in [0.25, 0.3) is 5.56 Å². The highest BCUT2D eigenvalue weighted by molar-refractivity contribution is 7.89. The van der Waals surface area contributed by atoms with Crippen LogP contribution in [0.5, 0.6) is 11.5 Å². The number of rotatable bonds is 10. The molecule has 1 unspecified atom stereocenters. The summed E-state index contributed by atoms with van der Waals surface area (Å²) in [6.45, 7) is 7.92. The van der Waals surface area contributed by atoms with E-state index in [4.69, 9.17) is 9.47 Å². The zero-order chi connectivity index (χ0) is 30.0. The van der Waals surface area contributed by atoms with Gasteiger partial charge in [0.05, 0.1) is 52.6 Å². The fourth-order valence-corrected chi connectivity index (χ4v) is 6.25. The molecule has 0 saturated carbocycles. The number of benzene rings is 2. The van der Waals surface area contributed by atoms with E-state index >= 15 is 0 Å². The van der Waals surface area contributed by atoms with E-state index in [0.29, 0.717) is 58.0 Å². The average molecular weight is 589 g/mol. The molecule has 0 aliphatic carbocycles. The third kappa shape index (κ3) is 5.47. The highest BCUT2D eigenvalue weighted by Crippen LogP contribution is 2.41. The van der Waals surface area contributed by atoms with Crippen molar-refractivity contribution in [3.05, 3.63) is 94.3 Å². The van der Waals surface area contributed by atoms with E-state index in [1.807, 2.05) is 26.0 Å². The Bertz CT molecular complexity index is 1950. The van der Waals surface area contributed by atoms with Crippen molar-refractivity contribution in [3.8, 4) is 17.2 Å². The molecule has 10 nitrogen and oxygen atoms in total. The minimum atomic E-state index is -3.99. The number of fused-ring (bicyclic) bond motifs is 2. The van der Waals surface area contributed by atoms with Crippen molar-refractivity contribution in [3.63, 3.8) is 0 Å². The number of nitrogens with zero attached hydrogens (tertiary/aromatic N) is 2. The molecule has 2 aromatic carbocycles. The SMILES string of the molecule is CCOc1c2cn(-c3ccc(CS(=O)(=O)NC(=O)C(C)c4ccccn4)cc3C)c(=O)c2c(OCC)c2ccc[nH]c12. The lowest BCUT2D eigenvalue weighted by atomic mass is 10.1. The summed E-state index contributed by atoms with van der Waals surface area (Å²) in [5.41, 5.74) is 2.66. The Morgan fingerprint density at radius 2 is 1.81 bits per heavy atom. The van der Waals surface area contributed by atoms with E-state index in [1.165, 1.54) is 4.57 Å². The number of aryl methyl sites for hydroxylation is 1. The quantitative estimate of drug-likeness (QED) is 0.241. The topological polar surface area (TPSA) is 132 Å². The largest absolute Gasteiger partial charge is 0.492 e. The number of aromatic amines is 1. The van der Waals surface area contributed by atoms with Gasteiger partial charge < -0.3 is 14.5 Å². The maximum atomic E-state index is 13.9. The van der Waals surface area contributed by atoms with Gasteiger partial charge in [-0.1, -0.05) is 18.2 Å². The molecule has 5 aromatic rings. The highest BCUT2D eigenvalue weighted by atomic mass is 32.2. The number of amides is 1. The van der Waals surface area contributed by atoms with Crippen molar-refractivity contribution in [1.29, 1.82) is 0 Å². The van der Waals surface area contributed by atoms with Gasteiger partial charge in [-0.15, -0.1) is 0 Å². The Morgan fingerprint density at radius 3 is 2.50 bits per heavy atom. The molecule has 11 heteroatoms. The summed E-state index contributed by atoms with van der Waals surface area (Å²) in [6, 6.07) is 13.9. The van der Waals surface area contributed by atoms with Gasteiger partial charge in [-0.3, -0.25) is 23.9 Å². The summed E-state index contributed by atoms with van der Waals surface area (Å²) in [4.78, 5) is 33.8. The number of H-pyrrole nitrogens is 1. The van der Waals surface area contributed by atoms with Crippen LogP contribution < -0.4 is 19.8 Å². The van der Waals surface area contributed by atoms with Gasteiger partial charge in [0, 0.05) is 24.0 Å². The molecule has 0 radical (unpaired) electrons. The fourth-order valence-electron chi connectivity index (χ4n) is 5.07. The molecule has 0 saturated heterocycles. The summed E-state index contributed by atoms with van der Waals surface area (Å²) < 4.78 is 41.4. The fraction of sp³-hybridized carbons (Fsp3) is 0.258. The van der Waals surface area contributed by atoms with Crippen LogP contribution in [0.2, 0.25) is 0 Å². The maximum absolute atomic E-state index is 13.9. The highest BCUT2D eigenvalue weighted by Gasteiger charge is 2.25. The lowest BCUT2D eigenvalue weighted by molar-refractivity contribution is -0.120. The second kappa shape index (κ2) is 11.7. The monoisotopic (exact) mass is 588 g/mol. The smallest absolute Gasteiger partial charge is 0.266 e. The van der Waals surface area contributed by atoms with Gasteiger partial charge in [-0.25, -0.2) is 8.42 Å². The van der Waals surface area contributed by atoms with Crippen molar-refractivity contribution >= 4 is 37.6 Å². The Morgan fingerprint density at radius 1 is 1.05 bits per heavy atom. The zero-order valence-corrected chi connectivity index (χ0v) is 24.6. The molecule has 3 aromatic heterocycles. The molecule has 0 aliphatic rings. The van der Waals surface area contributed by atoms with Crippen LogP contribution in [0.1, 0.15) is 43.5 Å². The Kier molecular flexibility index (Phi) is 8.04. The number of ether oxygens (including phenoxy) is 2. The van der Waals surface area contributed by atoms with E-state index in [1.54, 1.807) is 68.8 Å². The van der Waals surface area contributed by atoms with Gasteiger partial charge in [-0.05, 0) is 69.2 Å². The minimum Gasteiger partial charge on any atom is -0.492 e. The van der Waals surface area contributed by atoms with Crippen molar-refractivity contribution in [2.24, 2.45) is 0 Å². The Hall–Kier alpha value is -4.64. The molecule has 1 atom stereocenters. The number of sulfonamides is 1. The van der Waals surface area contributed by atoms with E-state index in [0.717, 1.165) is 10.9 Å². The molecular formula is C31H32N4O6S. The van der Waals surface area contributed by atoms with Gasteiger partial charge in [0.1, 0.15) is 5.75 Å². The van der Waals surface area contributed by atoms with Crippen molar-refractivity contribution < 1.29 is 22.7 Å². The van der Waals surface area contributed by atoms with Crippen LogP contribution in [0.15, 0.2) is 71.9 Å². The summed E-state index contributed by atoms with van der Waals surface area (Å²) >= 11 is 0. The number of carbonyl (C=O) groups excluding carboxylic acids is 1. The van der Waals surface area contributed by atoms with Crippen LogP contribution in [-0.4, -0.2) is 42.1 Å². The number of aromatic nitrogens is 3. The van der Waals surface area contributed by atoms with Crippen LogP contribution in [0.3, 0.4) is 0 Å². The molecule has 0 aliphatic heterocycles. The third-order valence-corrected chi connectivity index (χ3v) is 8.22. The predicted molar refractivity (Wildman–Crippen MR) is 162 cm³/mol. The van der Waals surface area contributed by atoms with Crippen LogP contribution >= 0.6 is 0 Å². The summed E-state index contributed by atoms with van der Waals surface area (Å²) in [7, 11) is -3.99. The van der Waals surface area contributed by atoms with Gasteiger partial charge >= 0.3 is 0 Å². The number of hydrogen-bond donors (Lipinski definition) is 2. The minimum absolute atomic E-state index is 0.278. The molecule has 5 rings (SSSR count). The second-order valence-corrected chi connectivity index (χ2v) is 11.6. The van der Waals surface area contributed by atoms with Crippen LogP contribution in [0.25, 0.3) is 27.4 Å². The molecule has 0 fully saturated rings. The van der Waals surface area contributed by atoms with Gasteiger partial charge in [0.15, 0.2) is 5.75 Å². The van der Waals surface area contributed by atoms with Gasteiger partial charge in [0.2, 0.25) is 15.9 Å². The van der Waals surface area contributed by atoms with Crippen molar-refractivity contribution in [2.75, 3.05) is 13.2 Å². The van der Waals surface area contributed by atoms with Crippen LogP contribution in [0, 0.1) is 6.92 Å². The van der Waals surface area contributed by atoms with E-state index in [-0.39, 0.29) is 5.56 Å². The predicted octanol–water partition coefficient (Wildman–Crippen LogP) is 4.72. The van der Waals surface area contributed by atoms with E-state index in [2.05, 4.69) is 14.7 Å².